The molecular formula is C28H27N3O2SSe. The third kappa shape index (κ3) is 3.79. The summed E-state index contributed by atoms with van der Waals surface area (Å²) >= 11 is 5.07. The molecule has 0 atom stereocenters. The number of rotatable bonds is 3. The van der Waals surface area contributed by atoms with Gasteiger partial charge in [-0.25, -0.2) is 0 Å². The summed E-state index contributed by atoms with van der Waals surface area (Å²) in [5.74, 6) is -0.810. The molecule has 7 heteroatoms. The average molecular weight is 549 g/mol. The topological polar surface area (TPSA) is 61.4 Å². The summed E-state index contributed by atoms with van der Waals surface area (Å²) in [5, 5.41) is 6.44. The molecule has 3 aromatic rings. The normalized spacial score (nSPS) is 18.1. The third-order valence-electron chi connectivity index (χ3n) is 7.20. The van der Waals surface area contributed by atoms with Gasteiger partial charge in [-0.15, -0.1) is 0 Å². The van der Waals surface area contributed by atoms with E-state index in [1.54, 1.807) is 13.1 Å². The van der Waals surface area contributed by atoms with Crippen molar-refractivity contribution in [2.45, 2.75) is 38.5 Å². The fraction of sp³-hybridized carbons (Fsp3) is 0.250. The van der Waals surface area contributed by atoms with E-state index in [0.717, 1.165) is 15.8 Å². The van der Waals surface area contributed by atoms with Crippen molar-refractivity contribution < 1.29 is 9.59 Å². The number of nitrogens with one attached hydrogen (secondary N) is 2. The molecule has 2 amide bonds. The van der Waals surface area contributed by atoms with Crippen molar-refractivity contribution in [3.63, 3.8) is 0 Å². The zero-order valence-electron chi connectivity index (χ0n) is 20.4. The molecule has 35 heavy (non-hydrogen) atoms. The van der Waals surface area contributed by atoms with Gasteiger partial charge < -0.3 is 0 Å². The molecule has 2 aromatic carbocycles. The first kappa shape index (κ1) is 23.7. The number of likely N-dealkylation sites (N-methyl/N-ethyl adjacent to an activating group) is 1. The average Bonchev–Trinajstić information content (AvgIpc) is 3.30. The molecule has 1 aromatic heterocycles. The van der Waals surface area contributed by atoms with Gasteiger partial charge in [-0.3, -0.25) is 0 Å². The van der Waals surface area contributed by atoms with Gasteiger partial charge in [0.15, 0.2) is 0 Å². The molecular weight excluding hydrogens is 521 g/mol. The van der Waals surface area contributed by atoms with Crippen LogP contribution in [0.3, 0.4) is 0 Å². The van der Waals surface area contributed by atoms with E-state index in [2.05, 4.69) is 91.8 Å². The number of fused-ring (bicyclic) bond motifs is 2. The summed E-state index contributed by atoms with van der Waals surface area (Å²) in [6.07, 6.45) is 1.72. The maximum absolute atomic E-state index is 12.6. The second kappa shape index (κ2) is 8.30. The fourth-order valence-electron chi connectivity index (χ4n) is 4.95. The molecule has 3 heterocycles. The molecule has 2 N–H and O–H groups in total. The predicted octanol–water partition coefficient (Wildman–Crippen LogP) is 4.71. The number of thiocarbonyl (C=S) groups is 1. The van der Waals surface area contributed by atoms with E-state index in [9.17, 15) is 9.59 Å². The fourth-order valence-corrected chi connectivity index (χ4v) is 7.23. The van der Waals surface area contributed by atoms with Gasteiger partial charge >= 0.3 is 218 Å². The summed E-state index contributed by atoms with van der Waals surface area (Å²) < 4.78 is 0.990. The van der Waals surface area contributed by atoms with Crippen molar-refractivity contribution in [2.24, 2.45) is 0 Å². The molecule has 178 valence electrons. The SMILES string of the molecule is CN1C(=O)/C(=C\c2cc(C(C)(C)c3cccc4c3Nc3ccccc3C4(C)C)c[se]2)C(=O)NC1=S. The van der Waals surface area contributed by atoms with E-state index in [1.807, 2.05) is 0 Å². The van der Waals surface area contributed by atoms with Crippen LogP contribution in [-0.2, 0) is 20.4 Å². The zero-order chi connectivity index (χ0) is 25.1. The Morgan fingerprint density at radius 1 is 1.03 bits per heavy atom. The van der Waals surface area contributed by atoms with Crippen molar-refractivity contribution in [3.05, 3.63) is 85.7 Å². The first-order chi connectivity index (χ1) is 16.5. The van der Waals surface area contributed by atoms with Crippen LogP contribution in [0.5, 0.6) is 0 Å². The number of nitrogens with zero attached hydrogens (tertiary/aromatic N) is 1. The van der Waals surface area contributed by atoms with Gasteiger partial charge in [-0.05, 0) is 0 Å². The number of para-hydroxylation sites is 2. The molecule has 1 fully saturated rings. The molecule has 5 rings (SSSR count). The Balaban J connectivity index is 1.54. The third-order valence-corrected chi connectivity index (χ3v) is 9.43. The minimum atomic E-state index is -0.440. The van der Waals surface area contributed by atoms with Crippen LogP contribution in [0.1, 0.15) is 54.4 Å². The number of amides is 2. The van der Waals surface area contributed by atoms with E-state index in [0.29, 0.717) is 0 Å². The number of benzene rings is 2. The van der Waals surface area contributed by atoms with Crippen LogP contribution < -0.4 is 10.6 Å². The van der Waals surface area contributed by atoms with E-state index in [1.165, 1.54) is 27.2 Å². The quantitative estimate of drug-likeness (QED) is 0.216. The summed E-state index contributed by atoms with van der Waals surface area (Å²) in [5.41, 5.74) is 7.00. The Bertz CT molecular complexity index is 1430. The monoisotopic (exact) mass is 549 g/mol. The van der Waals surface area contributed by atoms with Gasteiger partial charge in [0.1, 0.15) is 0 Å². The molecule has 1 saturated heterocycles. The number of anilines is 2. The van der Waals surface area contributed by atoms with Crippen LogP contribution in [-0.4, -0.2) is 43.4 Å². The molecule has 0 saturated carbocycles. The summed E-state index contributed by atoms with van der Waals surface area (Å²) in [6.45, 7) is 9.02. The van der Waals surface area contributed by atoms with Crippen LogP contribution in [0.4, 0.5) is 11.4 Å². The number of hydrogen-bond donors (Lipinski definition) is 2. The Morgan fingerprint density at radius 2 is 1.74 bits per heavy atom. The second-order valence-electron chi connectivity index (χ2n) is 10.1. The Kier molecular flexibility index (Phi) is 5.63. The van der Waals surface area contributed by atoms with Crippen molar-refractivity contribution >= 4 is 61.1 Å². The maximum atomic E-state index is 12.6. The molecule has 0 unspecified atom stereocenters. The van der Waals surface area contributed by atoms with Crippen LogP contribution in [0.15, 0.2) is 59.0 Å². The minimum absolute atomic E-state index is 0.0187. The number of carbonyl (C=O) groups excluding carboxylic acids is 2. The van der Waals surface area contributed by atoms with Gasteiger partial charge in [0.05, 0.1) is 0 Å². The molecule has 5 nitrogen and oxygen atoms in total. The number of hydrogen-bond acceptors (Lipinski definition) is 4. The number of carbonyl (C=O) groups is 2. The van der Waals surface area contributed by atoms with Crippen molar-refractivity contribution in [3.8, 4) is 0 Å². The molecule has 0 bridgehead atoms. The van der Waals surface area contributed by atoms with Crippen LogP contribution in [0.25, 0.3) is 6.08 Å². The zero-order valence-corrected chi connectivity index (χ0v) is 22.9. The summed E-state index contributed by atoms with van der Waals surface area (Å²) in [6, 6.07) is 17.2. The summed E-state index contributed by atoms with van der Waals surface area (Å²) in [7, 11) is 1.57. The molecule has 2 aliphatic heterocycles. The first-order valence-corrected chi connectivity index (χ1v) is 13.7. The Morgan fingerprint density at radius 3 is 2.51 bits per heavy atom. The first-order valence-electron chi connectivity index (χ1n) is 11.5. The van der Waals surface area contributed by atoms with Crippen molar-refractivity contribution in [2.75, 3.05) is 12.4 Å². The molecule has 0 spiro atoms. The van der Waals surface area contributed by atoms with Crippen LogP contribution in [0, 0.1) is 0 Å². The van der Waals surface area contributed by atoms with Gasteiger partial charge in [0, 0.05) is 0 Å². The Hall–Kier alpha value is -2.99. The van der Waals surface area contributed by atoms with Crippen molar-refractivity contribution in [1.82, 2.24) is 10.2 Å². The van der Waals surface area contributed by atoms with Gasteiger partial charge in [0.25, 0.3) is 0 Å². The van der Waals surface area contributed by atoms with E-state index < -0.39 is 5.91 Å². The molecule has 2 aliphatic rings. The van der Waals surface area contributed by atoms with Crippen LogP contribution >= 0.6 is 12.2 Å². The van der Waals surface area contributed by atoms with Crippen LogP contribution in [0.2, 0.25) is 0 Å². The second-order valence-corrected chi connectivity index (χ2v) is 12.4. The van der Waals surface area contributed by atoms with E-state index in [4.69, 9.17) is 12.2 Å². The predicted molar refractivity (Wildman–Crippen MR) is 145 cm³/mol. The standard InChI is InChI=1S/C28H27N3O2SSe/c1-27(2,16-13-17(35-15-16)14-18-24(32)30-26(34)31(5)25(18)33)20-10-8-11-21-23(20)29-22-12-7-6-9-19(22)28(21,3)4/h6-15,29H,1-5H3,(H,30,32,34)/b18-14-. The van der Waals surface area contributed by atoms with E-state index in [-0.39, 0.29) is 41.9 Å². The molecule has 0 radical (unpaired) electrons. The van der Waals surface area contributed by atoms with Crippen molar-refractivity contribution in [1.29, 1.82) is 0 Å². The van der Waals surface area contributed by atoms with Gasteiger partial charge in [-0.2, -0.15) is 0 Å². The summed E-state index contributed by atoms with van der Waals surface area (Å²) in [4.78, 5) is 28.6. The van der Waals surface area contributed by atoms with E-state index >= 15 is 0 Å². The Labute approximate surface area is 217 Å². The molecule has 0 aliphatic carbocycles. The van der Waals surface area contributed by atoms with Gasteiger partial charge in [0.2, 0.25) is 0 Å². The van der Waals surface area contributed by atoms with Gasteiger partial charge in [-0.1, -0.05) is 0 Å².